The lowest BCUT2D eigenvalue weighted by Gasteiger charge is -2.17. The van der Waals surface area contributed by atoms with Crippen LogP contribution in [0.15, 0.2) is 36.4 Å². The van der Waals surface area contributed by atoms with Crippen LogP contribution in [0.1, 0.15) is 5.56 Å². The molecule has 102 valence electrons. The number of rotatable bonds is 5. The summed E-state index contributed by atoms with van der Waals surface area (Å²) in [5.41, 5.74) is 1.57. The molecule has 0 atom stereocenters. The summed E-state index contributed by atoms with van der Waals surface area (Å²) in [5, 5.41) is 8.38. The highest BCUT2D eigenvalue weighted by molar-refractivity contribution is 7.88. The number of hydrogen-bond donors (Lipinski definition) is 1. The normalized spacial score (nSPS) is 14.8. The standard InChI is InChI=1S/C12H13NO5S/c14-12(15)6-3-9-18-19(16,17)13-8-7-10-4-1-2-5-11(10)13/h1-6H,7-9H2,(H,14,15). The molecule has 1 aromatic carbocycles. The summed E-state index contributed by atoms with van der Waals surface area (Å²) in [7, 11) is -3.88. The molecule has 1 aromatic rings. The number of carbonyl (C=O) groups is 1. The van der Waals surface area contributed by atoms with Gasteiger partial charge in [0.1, 0.15) is 0 Å². The van der Waals surface area contributed by atoms with E-state index in [1.165, 1.54) is 4.31 Å². The van der Waals surface area contributed by atoms with Gasteiger partial charge < -0.3 is 5.11 Å². The molecular formula is C12H13NO5S. The molecule has 2 rings (SSSR count). The summed E-state index contributed by atoms with van der Waals surface area (Å²) in [6, 6.07) is 7.20. The molecule has 19 heavy (non-hydrogen) atoms. The van der Waals surface area contributed by atoms with Crippen molar-refractivity contribution in [2.24, 2.45) is 0 Å². The molecule has 6 nitrogen and oxygen atoms in total. The lowest BCUT2D eigenvalue weighted by atomic mass is 10.2. The minimum absolute atomic E-state index is 0.298. The summed E-state index contributed by atoms with van der Waals surface area (Å²) in [6.07, 6.45) is 2.62. The van der Waals surface area contributed by atoms with Crippen LogP contribution in [0.2, 0.25) is 0 Å². The Balaban J connectivity index is 2.08. The van der Waals surface area contributed by atoms with Crippen molar-refractivity contribution >= 4 is 22.0 Å². The maximum atomic E-state index is 12.0. The smallest absolute Gasteiger partial charge is 0.362 e. The second-order valence-electron chi connectivity index (χ2n) is 3.93. The van der Waals surface area contributed by atoms with E-state index in [2.05, 4.69) is 0 Å². The molecule has 7 heteroatoms. The van der Waals surface area contributed by atoms with Crippen LogP contribution < -0.4 is 4.31 Å². The molecule has 0 bridgehead atoms. The highest BCUT2D eigenvalue weighted by atomic mass is 32.2. The number of carboxylic acid groups (broad SMARTS) is 1. The molecule has 0 aliphatic carbocycles. The van der Waals surface area contributed by atoms with Gasteiger partial charge in [0.15, 0.2) is 0 Å². The maximum Gasteiger partial charge on any atom is 0.362 e. The lowest BCUT2D eigenvalue weighted by Crippen LogP contribution is -2.30. The van der Waals surface area contributed by atoms with E-state index in [-0.39, 0.29) is 6.61 Å². The van der Waals surface area contributed by atoms with Gasteiger partial charge in [0.05, 0.1) is 12.3 Å². The molecular weight excluding hydrogens is 270 g/mol. The molecule has 1 aliphatic heterocycles. The van der Waals surface area contributed by atoms with E-state index in [0.717, 1.165) is 17.7 Å². The van der Waals surface area contributed by atoms with Gasteiger partial charge in [-0.2, -0.15) is 8.42 Å². The van der Waals surface area contributed by atoms with E-state index in [1.807, 2.05) is 12.1 Å². The van der Waals surface area contributed by atoms with Gasteiger partial charge in [-0.05, 0) is 18.1 Å². The highest BCUT2D eigenvalue weighted by Crippen LogP contribution is 2.30. The van der Waals surface area contributed by atoms with Crippen molar-refractivity contribution in [3.63, 3.8) is 0 Å². The van der Waals surface area contributed by atoms with Crippen LogP contribution in [-0.2, 0) is 25.7 Å². The molecule has 1 heterocycles. The first-order valence-corrected chi connectivity index (χ1v) is 7.02. The van der Waals surface area contributed by atoms with Crippen molar-refractivity contribution in [3.05, 3.63) is 42.0 Å². The quantitative estimate of drug-likeness (QED) is 0.813. The maximum absolute atomic E-state index is 12.0. The van der Waals surface area contributed by atoms with E-state index in [1.54, 1.807) is 12.1 Å². The molecule has 1 N–H and O–H groups in total. The monoisotopic (exact) mass is 283 g/mol. The molecule has 0 unspecified atom stereocenters. The predicted molar refractivity (Wildman–Crippen MR) is 69.1 cm³/mol. The predicted octanol–water partition coefficient (Wildman–Crippen LogP) is 0.951. The largest absolute Gasteiger partial charge is 0.478 e. The molecule has 0 saturated carbocycles. The zero-order valence-corrected chi connectivity index (χ0v) is 10.8. The van der Waals surface area contributed by atoms with Crippen LogP contribution in [0.3, 0.4) is 0 Å². The van der Waals surface area contributed by atoms with Gasteiger partial charge in [0.25, 0.3) is 0 Å². The van der Waals surface area contributed by atoms with Crippen LogP contribution in [0.4, 0.5) is 5.69 Å². The van der Waals surface area contributed by atoms with E-state index in [4.69, 9.17) is 9.29 Å². The number of fused-ring (bicyclic) bond motifs is 1. The van der Waals surface area contributed by atoms with Crippen LogP contribution in [0.25, 0.3) is 0 Å². The Kier molecular flexibility index (Phi) is 3.87. The Labute approximate surface area is 111 Å². The summed E-state index contributed by atoms with van der Waals surface area (Å²) in [6.45, 7) is 0.0393. The van der Waals surface area contributed by atoms with Crippen molar-refractivity contribution in [1.82, 2.24) is 0 Å². The van der Waals surface area contributed by atoms with E-state index in [0.29, 0.717) is 18.7 Å². The number of para-hydroxylation sites is 1. The Morgan fingerprint density at radius 2 is 2.16 bits per heavy atom. The van der Waals surface area contributed by atoms with Gasteiger partial charge in [-0.3, -0.25) is 0 Å². The summed E-state index contributed by atoms with van der Waals surface area (Å²) in [4.78, 5) is 10.2. The third-order valence-corrected chi connectivity index (χ3v) is 4.04. The second-order valence-corrected chi connectivity index (χ2v) is 5.47. The number of anilines is 1. The van der Waals surface area contributed by atoms with Gasteiger partial charge in [-0.15, -0.1) is 0 Å². The number of benzene rings is 1. The van der Waals surface area contributed by atoms with Crippen molar-refractivity contribution in [3.8, 4) is 0 Å². The molecule has 0 aromatic heterocycles. The molecule has 0 spiro atoms. The molecule has 0 radical (unpaired) electrons. The second kappa shape index (κ2) is 5.41. The molecule has 0 saturated heterocycles. The van der Waals surface area contributed by atoms with Crippen molar-refractivity contribution in [1.29, 1.82) is 0 Å². The van der Waals surface area contributed by atoms with E-state index >= 15 is 0 Å². The summed E-state index contributed by atoms with van der Waals surface area (Å²) < 4.78 is 29.9. The highest BCUT2D eigenvalue weighted by Gasteiger charge is 2.29. The molecule has 0 fully saturated rings. The fourth-order valence-corrected chi connectivity index (χ4v) is 2.99. The summed E-state index contributed by atoms with van der Waals surface area (Å²) >= 11 is 0. The number of nitrogens with zero attached hydrogens (tertiary/aromatic N) is 1. The van der Waals surface area contributed by atoms with Crippen LogP contribution in [-0.4, -0.2) is 32.6 Å². The Hall–Kier alpha value is -1.86. The topological polar surface area (TPSA) is 83.9 Å². The first-order valence-electron chi connectivity index (χ1n) is 5.65. The molecule has 1 aliphatic rings. The minimum Gasteiger partial charge on any atom is -0.478 e. The van der Waals surface area contributed by atoms with Gasteiger partial charge >= 0.3 is 16.3 Å². The first kappa shape index (κ1) is 13.6. The number of carboxylic acids is 1. The average Bonchev–Trinajstić information content (AvgIpc) is 2.79. The third-order valence-electron chi connectivity index (χ3n) is 2.69. The Bertz CT molecular complexity index is 608. The Morgan fingerprint density at radius 3 is 2.89 bits per heavy atom. The molecule has 0 amide bonds. The van der Waals surface area contributed by atoms with Gasteiger partial charge in [0, 0.05) is 12.6 Å². The summed E-state index contributed by atoms with van der Waals surface area (Å²) in [5.74, 6) is -1.15. The van der Waals surface area contributed by atoms with E-state index < -0.39 is 16.3 Å². The Morgan fingerprint density at radius 1 is 1.42 bits per heavy atom. The fourth-order valence-electron chi connectivity index (χ4n) is 1.88. The van der Waals surface area contributed by atoms with Crippen molar-refractivity contribution in [2.75, 3.05) is 17.5 Å². The van der Waals surface area contributed by atoms with Crippen molar-refractivity contribution in [2.45, 2.75) is 6.42 Å². The van der Waals surface area contributed by atoms with Gasteiger partial charge in [0.2, 0.25) is 0 Å². The zero-order chi connectivity index (χ0) is 13.9. The van der Waals surface area contributed by atoms with Gasteiger partial charge in [-0.1, -0.05) is 24.3 Å². The van der Waals surface area contributed by atoms with Crippen LogP contribution in [0.5, 0.6) is 0 Å². The zero-order valence-electron chi connectivity index (χ0n) is 10.0. The van der Waals surface area contributed by atoms with Gasteiger partial charge in [-0.25, -0.2) is 13.3 Å². The van der Waals surface area contributed by atoms with Crippen LogP contribution >= 0.6 is 0 Å². The fraction of sp³-hybridized carbons (Fsp3) is 0.250. The number of hydrogen-bond acceptors (Lipinski definition) is 4. The SMILES string of the molecule is O=C(O)C=CCOS(=O)(=O)N1CCc2ccccc21. The van der Waals surface area contributed by atoms with E-state index in [9.17, 15) is 13.2 Å². The average molecular weight is 283 g/mol. The first-order chi connectivity index (χ1) is 9.00. The van der Waals surface area contributed by atoms with Crippen molar-refractivity contribution < 1.29 is 22.5 Å². The lowest BCUT2D eigenvalue weighted by molar-refractivity contribution is -0.131. The van der Waals surface area contributed by atoms with Crippen LogP contribution in [0, 0.1) is 0 Å². The minimum atomic E-state index is -3.88. The number of aliphatic carboxylic acids is 1. The third kappa shape index (κ3) is 3.12.